The molecule has 0 spiro atoms. The normalized spacial score (nSPS) is 33.4. The van der Waals surface area contributed by atoms with E-state index in [9.17, 15) is 9.59 Å². The topological polar surface area (TPSA) is 43.4 Å². The molecule has 3 atom stereocenters. The maximum Gasteiger partial charge on any atom is 0.316 e. The first-order valence-electron chi connectivity index (χ1n) is 5.81. The van der Waals surface area contributed by atoms with Gasteiger partial charge in [0.2, 0.25) is 0 Å². The van der Waals surface area contributed by atoms with Crippen LogP contribution in [0.15, 0.2) is 12.2 Å². The standard InChI is InChI=1S/C13H20O3/c1-9-6-4-5-7-10(2)12(11(14)8-9)13(15)16-3/h4-5,9-10,12H,6-8H2,1-3H3/b5-4-/t9-,10?,12+/m0/s1. The second-order valence-corrected chi connectivity index (χ2v) is 4.70. The highest BCUT2D eigenvalue weighted by atomic mass is 16.5. The zero-order valence-corrected chi connectivity index (χ0v) is 10.2. The summed E-state index contributed by atoms with van der Waals surface area (Å²) in [6, 6.07) is 0. The Balaban J connectivity index is 2.86. The SMILES string of the molecule is COC(=O)[C@H]1C(=O)C[C@@H](C)C/C=C\CC1C. The van der Waals surface area contributed by atoms with Crippen LogP contribution in [0.25, 0.3) is 0 Å². The highest BCUT2D eigenvalue weighted by Crippen LogP contribution is 2.25. The van der Waals surface area contributed by atoms with Crippen molar-refractivity contribution in [3.05, 3.63) is 12.2 Å². The average molecular weight is 224 g/mol. The Morgan fingerprint density at radius 3 is 2.56 bits per heavy atom. The molecule has 0 aromatic carbocycles. The minimum Gasteiger partial charge on any atom is -0.468 e. The summed E-state index contributed by atoms with van der Waals surface area (Å²) in [5.74, 6) is -0.617. The predicted molar refractivity (Wildman–Crippen MR) is 61.8 cm³/mol. The van der Waals surface area contributed by atoms with Crippen LogP contribution < -0.4 is 0 Å². The Labute approximate surface area is 96.9 Å². The number of esters is 1. The molecular formula is C13H20O3. The molecule has 1 rings (SSSR count). The lowest BCUT2D eigenvalue weighted by Gasteiger charge is -2.19. The second kappa shape index (κ2) is 5.83. The fourth-order valence-corrected chi connectivity index (χ4v) is 2.14. The molecule has 0 aromatic heterocycles. The molecule has 3 heteroatoms. The molecule has 0 aliphatic heterocycles. The quantitative estimate of drug-likeness (QED) is 0.390. The molecule has 0 fully saturated rings. The number of carbonyl (C=O) groups is 2. The van der Waals surface area contributed by atoms with E-state index >= 15 is 0 Å². The minimum absolute atomic E-state index is 0.0237. The summed E-state index contributed by atoms with van der Waals surface area (Å²) in [5.41, 5.74) is 0. The van der Waals surface area contributed by atoms with E-state index in [2.05, 4.69) is 12.2 Å². The molecule has 0 heterocycles. The van der Waals surface area contributed by atoms with Crippen LogP contribution in [0.4, 0.5) is 0 Å². The van der Waals surface area contributed by atoms with Gasteiger partial charge in [0, 0.05) is 6.42 Å². The third-order valence-corrected chi connectivity index (χ3v) is 3.13. The lowest BCUT2D eigenvalue weighted by Crippen LogP contribution is -2.31. The first kappa shape index (κ1) is 12.9. The van der Waals surface area contributed by atoms with Crippen LogP contribution in [0.2, 0.25) is 0 Å². The summed E-state index contributed by atoms with van der Waals surface area (Å²) < 4.78 is 4.72. The van der Waals surface area contributed by atoms with Crippen molar-refractivity contribution in [1.29, 1.82) is 0 Å². The number of Topliss-reactive ketones (excluding diaryl/α,β-unsaturated/α-hetero) is 1. The predicted octanol–water partition coefficient (Wildman–Crippen LogP) is 2.36. The van der Waals surface area contributed by atoms with Crippen LogP contribution >= 0.6 is 0 Å². The fourth-order valence-electron chi connectivity index (χ4n) is 2.14. The Morgan fingerprint density at radius 1 is 1.31 bits per heavy atom. The monoisotopic (exact) mass is 224 g/mol. The van der Waals surface area contributed by atoms with E-state index < -0.39 is 5.92 Å². The summed E-state index contributed by atoms with van der Waals surface area (Å²) in [4.78, 5) is 23.6. The number of ketones is 1. The molecule has 0 saturated heterocycles. The van der Waals surface area contributed by atoms with Crippen molar-refractivity contribution < 1.29 is 14.3 Å². The second-order valence-electron chi connectivity index (χ2n) is 4.70. The molecule has 0 saturated carbocycles. The molecule has 1 unspecified atom stereocenters. The number of ether oxygens (including phenoxy) is 1. The van der Waals surface area contributed by atoms with Gasteiger partial charge in [-0.1, -0.05) is 26.0 Å². The largest absolute Gasteiger partial charge is 0.468 e. The lowest BCUT2D eigenvalue weighted by molar-refractivity contribution is -0.151. The van der Waals surface area contributed by atoms with E-state index in [0.717, 1.165) is 12.8 Å². The van der Waals surface area contributed by atoms with Gasteiger partial charge < -0.3 is 4.74 Å². The highest BCUT2D eigenvalue weighted by Gasteiger charge is 2.33. The van der Waals surface area contributed by atoms with Gasteiger partial charge in [-0.15, -0.1) is 0 Å². The zero-order valence-electron chi connectivity index (χ0n) is 10.2. The maximum atomic E-state index is 12.0. The molecule has 1 aliphatic carbocycles. The summed E-state index contributed by atoms with van der Waals surface area (Å²) in [5, 5.41) is 0. The molecule has 90 valence electrons. The molecular weight excluding hydrogens is 204 g/mol. The van der Waals surface area contributed by atoms with Gasteiger partial charge in [0.15, 0.2) is 0 Å². The van der Waals surface area contributed by atoms with E-state index in [-0.39, 0.29) is 17.7 Å². The van der Waals surface area contributed by atoms with Gasteiger partial charge in [-0.05, 0) is 24.7 Å². The first-order chi connectivity index (χ1) is 7.56. The van der Waals surface area contributed by atoms with Crippen LogP contribution in [-0.4, -0.2) is 18.9 Å². The summed E-state index contributed by atoms with van der Waals surface area (Å²) in [7, 11) is 1.34. The molecule has 0 bridgehead atoms. The first-order valence-corrected chi connectivity index (χ1v) is 5.81. The number of allylic oxidation sites excluding steroid dienone is 2. The van der Waals surface area contributed by atoms with Crippen molar-refractivity contribution in [3.8, 4) is 0 Å². The van der Waals surface area contributed by atoms with E-state index in [1.165, 1.54) is 7.11 Å². The molecule has 16 heavy (non-hydrogen) atoms. The van der Waals surface area contributed by atoms with Crippen LogP contribution in [-0.2, 0) is 14.3 Å². The van der Waals surface area contributed by atoms with Gasteiger partial charge in [-0.2, -0.15) is 0 Å². The third-order valence-electron chi connectivity index (χ3n) is 3.13. The van der Waals surface area contributed by atoms with Crippen molar-refractivity contribution in [2.75, 3.05) is 7.11 Å². The van der Waals surface area contributed by atoms with Crippen molar-refractivity contribution in [1.82, 2.24) is 0 Å². The number of rotatable bonds is 1. The molecule has 0 N–H and O–H groups in total. The van der Waals surface area contributed by atoms with Crippen LogP contribution in [0.1, 0.15) is 33.1 Å². The smallest absolute Gasteiger partial charge is 0.316 e. The third kappa shape index (κ3) is 3.19. The van der Waals surface area contributed by atoms with E-state index in [1.54, 1.807) is 0 Å². The lowest BCUT2D eigenvalue weighted by atomic mass is 9.85. The van der Waals surface area contributed by atoms with Crippen molar-refractivity contribution in [3.63, 3.8) is 0 Å². The highest BCUT2D eigenvalue weighted by molar-refractivity contribution is 5.99. The number of hydrogen-bond acceptors (Lipinski definition) is 3. The number of hydrogen-bond donors (Lipinski definition) is 0. The van der Waals surface area contributed by atoms with Crippen LogP contribution in [0, 0.1) is 17.8 Å². The Morgan fingerprint density at radius 2 is 1.94 bits per heavy atom. The van der Waals surface area contributed by atoms with E-state index in [0.29, 0.717) is 12.3 Å². The molecule has 0 aromatic rings. The van der Waals surface area contributed by atoms with Crippen molar-refractivity contribution in [2.45, 2.75) is 33.1 Å². The fraction of sp³-hybridized carbons (Fsp3) is 0.692. The van der Waals surface area contributed by atoms with Crippen LogP contribution in [0.3, 0.4) is 0 Å². The average Bonchev–Trinajstić information content (AvgIpc) is 2.28. The molecule has 1 aliphatic rings. The van der Waals surface area contributed by atoms with Crippen molar-refractivity contribution >= 4 is 11.8 Å². The molecule has 0 amide bonds. The van der Waals surface area contributed by atoms with Gasteiger partial charge in [0.1, 0.15) is 11.7 Å². The molecule has 0 radical (unpaired) electrons. The summed E-state index contributed by atoms with van der Waals surface area (Å²) >= 11 is 0. The van der Waals surface area contributed by atoms with Gasteiger partial charge in [0.05, 0.1) is 7.11 Å². The van der Waals surface area contributed by atoms with Crippen molar-refractivity contribution in [2.24, 2.45) is 17.8 Å². The van der Waals surface area contributed by atoms with Gasteiger partial charge in [-0.25, -0.2) is 0 Å². The number of methoxy groups -OCH3 is 1. The van der Waals surface area contributed by atoms with E-state index in [4.69, 9.17) is 4.74 Å². The Kier molecular flexibility index (Phi) is 4.71. The Bertz CT molecular complexity index is 294. The van der Waals surface area contributed by atoms with Crippen LogP contribution in [0.5, 0.6) is 0 Å². The summed E-state index contributed by atoms with van der Waals surface area (Å²) in [6.45, 7) is 3.96. The van der Waals surface area contributed by atoms with Gasteiger partial charge in [0.25, 0.3) is 0 Å². The van der Waals surface area contributed by atoms with Gasteiger partial charge >= 0.3 is 5.97 Å². The molecule has 3 nitrogen and oxygen atoms in total. The van der Waals surface area contributed by atoms with Gasteiger partial charge in [-0.3, -0.25) is 9.59 Å². The maximum absolute atomic E-state index is 12.0. The summed E-state index contributed by atoms with van der Waals surface area (Å²) in [6.07, 6.45) is 6.31. The van der Waals surface area contributed by atoms with E-state index in [1.807, 2.05) is 13.8 Å². The minimum atomic E-state index is -0.588. The number of carbonyl (C=O) groups excluding carboxylic acids is 2. The Hall–Kier alpha value is -1.12. The zero-order chi connectivity index (χ0) is 12.1.